The normalized spacial score (nSPS) is 11.3. The van der Waals surface area contributed by atoms with Crippen LogP contribution in [0, 0.1) is 0 Å². The Kier molecular flexibility index (Phi) is 4.12. The molecule has 0 spiro atoms. The molecule has 2 N–H and O–H groups in total. The molecule has 0 aliphatic carbocycles. The predicted octanol–water partition coefficient (Wildman–Crippen LogP) is 1.52. The van der Waals surface area contributed by atoms with Crippen LogP contribution in [-0.4, -0.2) is 17.2 Å². The summed E-state index contributed by atoms with van der Waals surface area (Å²) in [5.74, 6) is 0.370. The average Bonchev–Trinajstić information content (AvgIpc) is 2.18. The molecule has 0 saturated heterocycles. The SMILES string of the molecule is C/C=C\c1ccc(B(O)O)cc1C(C)C. The molecule has 0 saturated carbocycles. The third-order valence-corrected chi connectivity index (χ3v) is 2.38. The first-order valence-corrected chi connectivity index (χ1v) is 5.19. The van der Waals surface area contributed by atoms with Crippen LogP contribution in [0.25, 0.3) is 6.08 Å². The largest absolute Gasteiger partial charge is 0.488 e. The van der Waals surface area contributed by atoms with Gasteiger partial charge in [-0.15, -0.1) is 0 Å². The van der Waals surface area contributed by atoms with Gasteiger partial charge >= 0.3 is 7.12 Å². The van der Waals surface area contributed by atoms with Gasteiger partial charge in [0.1, 0.15) is 0 Å². The molecule has 3 heteroatoms. The van der Waals surface area contributed by atoms with Gasteiger partial charge in [-0.2, -0.15) is 0 Å². The molecule has 0 heterocycles. The summed E-state index contributed by atoms with van der Waals surface area (Å²) in [6, 6.07) is 5.51. The van der Waals surface area contributed by atoms with Crippen LogP contribution in [0.3, 0.4) is 0 Å². The molecule has 0 fully saturated rings. The first-order chi connectivity index (χ1) is 7.06. The van der Waals surface area contributed by atoms with Crippen LogP contribution in [0.2, 0.25) is 0 Å². The molecule has 1 aromatic rings. The molecular weight excluding hydrogens is 187 g/mol. The van der Waals surface area contributed by atoms with Crippen LogP contribution in [0.5, 0.6) is 0 Å². The fraction of sp³-hybridized carbons (Fsp3) is 0.333. The molecule has 0 aromatic heterocycles. The van der Waals surface area contributed by atoms with Crippen LogP contribution >= 0.6 is 0 Å². The summed E-state index contributed by atoms with van der Waals surface area (Å²) < 4.78 is 0. The zero-order chi connectivity index (χ0) is 11.4. The quantitative estimate of drug-likeness (QED) is 0.733. The van der Waals surface area contributed by atoms with Crippen molar-refractivity contribution in [2.45, 2.75) is 26.7 Å². The topological polar surface area (TPSA) is 40.5 Å². The third-order valence-electron chi connectivity index (χ3n) is 2.38. The highest BCUT2D eigenvalue weighted by molar-refractivity contribution is 6.58. The van der Waals surface area contributed by atoms with E-state index in [-0.39, 0.29) is 0 Å². The Labute approximate surface area is 91.4 Å². The molecule has 0 amide bonds. The molecule has 0 aliphatic rings. The molecule has 1 rings (SSSR count). The maximum absolute atomic E-state index is 9.09. The molecular formula is C12H17BO2. The van der Waals surface area contributed by atoms with Gasteiger partial charge in [-0.3, -0.25) is 0 Å². The maximum Gasteiger partial charge on any atom is 0.488 e. The van der Waals surface area contributed by atoms with Gasteiger partial charge in [0.25, 0.3) is 0 Å². The van der Waals surface area contributed by atoms with Gasteiger partial charge in [0.05, 0.1) is 0 Å². The summed E-state index contributed by atoms with van der Waals surface area (Å²) in [7, 11) is -1.39. The second-order valence-corrected chi connectivity index (χ2v) is 3.92. The standard InChI is InChI=1S/C12H17BO2/c1-4-5-10-6-7-11(13(14)15)8-12(10)9(2)3/h4-9,14-15H,1-3H3/b5-4-. The van der Waals surface area contributed by atoms with Crippen LogP contribution < -0.4 is 5.46 Å². The third kappa shape index (κ3) is 2.95. The minimum absolute atomic E-state index is 0.370. The van der Waals surface area contributed by atoms with Gasteiger partial charge in [-0.1, -0.05) is 44.2 Å². The zero-order valence-electron chi connectivity index (χ0n) is 9.44. The number of hydrogen-bond acceptors (Lipinski definition) is 2. The van der Waals surface area contributed by atoms with Crippen molar-refractivity contribution in [3.8, 4) is 0 Å². The van der Waals surface area contributed by atoms with E-state index in [1.807, 2.05) is 31.2 Å². The van der Waals surface area contributed by atoms with Crippen molar-refractivity contribution >= 4 is 18.7 Å². The van der Waals surface area contributed by atoms with Crippen molar-refractivity contribution in [1.82, 2.24) is 0 Å². The fourth-order valence-corrected chi connectivity index (χ4v) is 1.59. The van der Waals surface area contributed by atoms with Crippen molar-refractivity contribution < 1.29 is 10.0 Å². The predicted molar refractivity (Wildman–Crippen MR) is 65.1 cm³/mol. The lowest BCUT2D eigenvalue weighted by molar-refractivity contribution is 0.425. The Bertz CT molecular complexity index is 357. The molecule has 2 nitrogen and oxygen atoms in total. The second-order valence-electron chi connectivity index (χ2n) is 3.92. The monoisotopic (exact) mass is 204 g/mol. The highest BCUT2D eigenvalue weighted by Crippen LogP contribution is 2.19. The summed E-state index contributed by atoms with van der Waals surface area (Å²) in [5, 5.41) is 18.2. The van der Waals surface area contributed by atoms with E-state index < -0.39 is 7.12 Å². The maximum atomic E-state index is 9.09. The first kappa shape index (κ1) is 12.0. The lowest BCUT2D eigenvalue weighted by Gasteiger charge is -2.12. The van der Waals surface area contributed by atoms with Crippen molar-refractivity contribution in [3.05, 3.63) is 35.4 Å². The van der Waals surface area contributed by atoms with Gasteiger partial charge in [0.15, 0.2) is 0 Å². The number of rotatable bonds is 3. The van der Waals surface area contributed by atoms with Crippen LogP contribution in [0.4, 0.5) is 0 Å². The van der Waals surface area contributed by atoms with Gasteiger partial charge in [0.2, 0.25) is 0 Å². The Morgan fingerprint density at radius 3 is 2.40 bits per heavy atom. The Balaban J connectivity index is 3.20. The van der Waals surface area contributed by atoms with E-state index in [4.69, 9.17) is 10.0 Å². The Morgan fingerprint density at radius 2 is 1.93 bits per heavy atom. The Hall–Kier alpha value is -1.06. The Morgan fingerprint density at radius 1 is 1.27 bits per heavy atom. The van der Waals surface area contributed by atoms with Gasteiger partial charge < -0.3 is 10.0 Å². The molecule has 1 aromatic carbocycles. The van der Waals surface area contributed by atoms with E-state index in [1.165, 1.54) is 0 Å². The van der Waals surface area contributed by atoms with Crippen LogP contribution in [-0.2, 0) is 0 Å². The van der Waals surface area contributed by atoms with Crippen LogP contribution in [0.15, 0.2) is 24.3 Å². The van der Waals surface area contributed by atoms with E-state index in [1.54, 1.807) is 6.07 Å². The average molecular weight is 204 g/mol. The first-order valence-electron chi connectivity index (χ1n) is 5.19. The molecule has 0 aliphatic heterocycles. The molecule has 0 radical (unpaired) electrons. The van der Waals surface area contributed by atoms with Crippen LogP contribution in [0.1, 0.15) is 37.8 Å². The summed E-state index contributed by atoms with van der Waals surface area (Å²) in [6.45, 7) is 6.16. The lowest BCUT2D eigenvalue weighted by atomic mass is 9.77. The molecule has 0 unspecified atom stereocenters. The van der Waals surface area contributed by atoms with Crippen molar-refractivity contribution in [3.63, 3.8) is 0 Å². The van der Waals surface area contributed by atoms with E-state index in [0.29, 0.717) is 11.4 Å². The molecule has 0 atom stereocenters. The van der Waals surface area contributed by atoms with Gasteiger partial charge in [0, 0.05) is 0 Å². The number of hydrogen-bond donors (Lipinski definition) is 2. The van der Waals surface area contributed by atoms with E-state index in [0.717, 1.165) is 11.1 Å². The number of benzene rings is 1. The van der Waals surface area contributed by atoms with Gasteiger partial charge in [-0.25, -0.2) is 0 Å². The molecule has 80 valence electrons. The zero-order valence-corrected chi connectivity index (χ0v) is 9.44. The summed E-state index contributed by atoms with van der Waals surface area (Å²) >= 11 is 0. The summed E-state index contributed by atoms with van der Waals surface area (Å²) in [4.78, 5) is 0. The second kappa shape index (κ2) is 5.15. The minimum atomic E-state index is -1.39. The van der Waals surface area contributed by atoms with Gasteiger partial charge in [-0.05, 0) is 29.4 Å². The van der Waals surface area contributed by atoms with Crippen molar-refractivity contribution in [1.29, 1.82) is 0 Å². The highest BCUT2D eigenvalue weighted by Gasteiger charge is 2.13. The minimum Gasteiger partial charge on any atom is -0.423 e. The number of allylic oxidation sites excluding steroid dienone is 1. The van der Waals surface area contributed by atoms with E-state index >= 15 is 0 Å². The molecule has 15 heavy (non-hydrogen) atoms. The van der Waals surface area contributed by atoms with E-state index in [9.17, 15) is 0 Å². The fourth-order valence-electron chi connectivity index (χ4n) is 1.59. The summed E-state index contributed by atoms with van der Waals surface area (Å²) in [6.07, 6.45) is 4.01. The lowest BCUT2D eigenvalue weighted by Crippen LogP contribution is -2.30. The van der Waals surface area contributed by atoms with Crippen molar-refractivity contribution in [2.24, 2.45) is 0 Å². The smallest absolute Gasteiger partial charge is 0.423 e. The molecule has 0 bridgehead atoms. The van der Waals surface area contributed by atoms with Crippen molar-refractivity contribution in [2.75, 3.05) is 0 Å². The summed E-state index contributed by atoms with van der Waals surface area (Å²) in [5.41, 5.74) is 2.82. The highest BCUT2D eigenvalue weighted by atomic mass is 16.4. The van der Waals surface area contributed by atoms with E-state index in [2.05, 4.69) is 13.8 Å².